The van der Waals surface area contributed by atoms with Crippen molar-refractivity contribution in [3.05, 3.63) is 29.6 Å². The molecule has 58 valence electrons. The number of nitrogens with zero attached hydrogens (tertiary/aromatic N) is 1. The van der Waals surface area contributed by atoms with Crippen molar-refractivity contribution in [3.8, 4) is 0 Å². The lowest BCUT2D eigenvalue weighted by Gasteiger charge is -2.03. The van der Waals surface area contributed by atoms with Crippen LogP contribution in [0.25, 0.3) is 0 Å². The molecule has 0 unspecified atom stereocenters. The van der Waals surface area contributed by atoms with Crippen LogP contribution in [0.3, 0.4) is 0 Å². The molecule has 0 saturated carbocycles. The average Bonchev–Trinajstić information content (AvgIpc) is 2.05. The third kappa shape index (κ3) is 1.85. The summed E-state index contributed by atoms with van der Waals surface area (Å²) in [5, 5.41) is 0. The summed E-state index contributed by atoms with van der Waals surface area (Å²) in [4.78, 5) is 14.2. The predicted molar refractivity (Wildman–Crippen MR) is 42.2 cm³/mol. The Hall–Kier alpha value is -1.22. The minimum Gasteiger partial charge on any atom is -0.324 e. The Labute approximate surface area is 65.2 Å². The minimum atomic E-state index is -0.0672. The molecule has 1 rings (SSSR count). The van der Waals surface area contributed by atoms with Crippen molar-refractivity contribution < 1.29 is 4.79 Å². The van der Waals surface area contributed by atoms with Crippen molar-refractivity contribution in [1.82, 2.24) is 4.98 Å². The Balaban J connectivity index is 3.00. The van der Waals surface area contributed by atoms with Crippen LogP contribution < -0.4 is 5.73 Å². The molecule has 3 heteroatoms. The zero-order valence-corrected chi connectivity index (χ0v) is 6.32. The van der Waals surface area contributed by atoms with Gasteiger partial charge in [-0.2, -0.15) is 0 Å². The maximum atomic E-state index is 10.3. The first-order valence-corrected chi connectivity index (χ1v) is 3.39. The third-order valence-electron chi connectivity index (χ3n) is 1.44. The fourth-order valence-electron chi connectivity index (χ4n) is 0.790. The standard InChI is InChI=1S/C8H10N2O/c1-6(9)8-2-7(5-11)3-10-4-8/h2-6H,9H2,1H3/t6-/m1/s1. The molecule has 0 aliphatic rings. The second-order valence-corrected chi connectivity index (χ2v) is 2.46. The van der Waals surface area contributed by atoms with Crippen LogP contribution in [0, 0.1) is 0 Å². The summed E-state index contributed by atoms with van der Waals surface area (Å²) < 4.78 is 0. The largest absolute Gasteiger partial charge is 0.324 e. The summed E-state index contributed by atoms with van der Waals surface area (Å²) in [7, 11) is 0. The van der Waals surface area contributed by atoms with E-state index in [0.29, 0.717) is 5.56 Å². The Morgan fingerprint density at radius 3 is 2.91 bits per heavy atom. The maximum absolute atomic E-state index is 10.3. The van der Waals surface area contributed by atoms with Gasteiger partial charge in [-0.25, -0.2) is 0 Å². The first-order valence-electron chi connectivity index (χ1n) is 3.39. The van der Waals surface area contributed by atoms with Crippen LogP contribution in [0.15, 0.2) is 18.5 Å². The van der Waals surface area contributed by atoms with Crippen molar-refractivity contribution in [2.45, 2.75) is 13.0 Å². The molecule has 1 heterocycles. The van der Waals surface area contributed by atoms with Crippen LogP contribution in [-0.4, -0.2) is 11.3 Å². The SMILES string of the molecule is C[C@@H](N)c1cncc(C=O)c1. The van der Waals surface area contributed by atoms with E-state index in [1.165, 1.54) is 6.20 Å². The number of pyridine rings is 1. The van der Waals surface area contributed by atoms with Crippen molar-refractivity contribution in [2.75, 3.05) is 0 Å². The van der Waals surface area contributed by atoms with Gasteiger partial charge in [0, 0.05) is 24.0 Å². The fourth-order valence-corrected chi connectivity index (χ4v) is 0.790. The molecule has 0 aliphatic carbocycles. The summed E-state index contributed by atoms with van der Waals surface area (Å²) >= 11 is 0. The Bertz CT molecular complexity index is 258. The van der Waals surface area contributed by atoms with Gasteiger partial charge >= 0.3 is 0 Å². The van der Waals surface area contributed by atoms with E-state index in [2.05, 4.69) is 4.98 Å². The lowest BCUT2D eigenvalue weighted by molar-refractivity contribution is 0.112. The van der Waals surface area contributed by atoms with Crippen LogP contribution >= 0.6 is 0 Å². The van der Waals surface area contributed by atoms with E-state index >= 15 is 0 Å². The molecule has 1 atom stereocenters. The molecule has 0 saturated heterocycles. The zero-order valence-electron chi connectivity index (χ0n) is 6.32. The molecule has 3 nitrogen and oxygen atoms in total. The van der Waals surface area contributed by atoms with E-state index in [-0.39, 0.29) is 6.04 Å². The van der Waals surface area contributed by atoms with Gasteiger partial charge in [-0.15, -0.1) is 0 Å². The van der Waals surface area contributed by atoms with Gasteiger partial charge in [-0.3, -0.25) is 9.78 Å². The van der Waals surface area contributed by atoms with E-state index < -0.39 is 0 Å². The molecule has 11 heavy (non-hydrogen) atoms. The number of carbonyl (C=O) groups is 1. The molecule has 2 N–H and O–H groups in total. The van der Waals surface area contributed by atoms with E-state index in [4.69, 9.17) is 5.73 Å². The van der Waals surface area contributed by atoms with Crippen molar-refractivity contribution >= 4 is 6.29 Å². The number of hydrogen-bond acceptors (Lipinski definition) is 3. The second-order valence-electron chi connectivity index (χ2n) is 2.46. The number of carbonyl (C=O) groups excluding carboxylic acids is 1. The summed E-state index contributed by atoms with van der Waals surface area (Å²) in [6.07, 6.45) is 3.94. The summed E-state index contributed by atoms with van der Waals surface area (Å²) in [6, 6.07) is 1.67. The Kier molecular flexibility index (Phi) is 2.33. The summed E-state index contributed by atoms with van der Waals surface area (Å²) in [5.74, 6) is 0. The van der Waals surface area contributed by atoms with Gasteiger partial charge in [-0.05, 0) is 18.6 Å². The third-order valence-corrected chi connectivity index (χ3v) is 1.44. The Morgan fingerprint density at radius 1 is 1.64 bits per heavy atom. The van der Waals surface area contributed by atoms with Gasteiger partial charge in [-0.1, -0.05) is 0 Å². The van der Waals surface area contributed by atoms with Gasteiger partial charge in [0.05, 0.1) is 0 Å². The molecule has 1 aromatic rings. The molecule has 1 aromatic heterocycles. The minimum absolute atomic E-state index is 0.0672. The molecular weight excluding hydrogens is 140 g/mol. The van der Waals surface area contributed by atoms with Crippen molar-refractivity contribution in [1.29, 1.82) is 0 Å². The van der Waals surface area contributed by atoms with Gasteiger partial charge in [0.2, 0.25) is 0 Å². The van der Waals surface area contributed by atoms with Gasteiger partial charge in [0.15, 0.2) is 6.29 Å². The molecule has 0 spiro atoms. The lowest BCUT2D eigenvalue weighted by atomic mass is 10.1. The van der Waals surface area contributed by atoms with E-state index in [0.717, 1.165) is 11.8 Å². The van der Waals surface area contributed by atoms with E-state index in [9.17, 15) is 4.79 Å². The molecule has 0 amide bonds. The smallest absolute Gasteiger partial charge is 0.151 e. The van der Waals surface area contributed by atoms with Gasteiger partial charge < -0.3 is 5.73 Å². The second kappa shape index (κ2) is 3.25. The predicted octanol–water partition coefficient (Wildman–Crippen LogP) is 0.914. The maximum Gasteiger partial charge on any atom is 0.151 e. The molecular formula is C8H10N2O. The first kappa shape index (κ1) is 7.88. The van der Waals surface area contributed by atoms with Gasteiger partial charge in [0.25, 0.3) is 0 Å². The highest BCUT2D eigenvalue weighted by Gasteiger charge is 1.99. The van der Waals surface area contributed by atoms with Crippen LogP contribution in [0.1, 0.15) is 28.9 Å². The highest BCUT2D eigenvalue weighted by molar-refractivity contribution is 5.74. The van der Waals surface area contributed by atoms with Crippen molar-refractivity contribution in [2.24, 2.45) is 5.73 Å². The van der Waals surface area contributed by atoms with E-state index in [1.54, 1.807) is 12.3 Å². The number of nitrogens with two attached hydrogens (primary N) is 1. The number of hydrogen-bond donors (Lipinski definition) is 1. The van der Waals surface area contributed by atoms with Crippen LogP contribution in [0.4, 0.5) is 0 Å². The van der Waals surface area contributed by atoms with Gasteiger partial charge in [0.1, 0.15) is 0 Å². The number of rotatable bonds is 2. The van der Waals surface area contributed by atoms with Crippen molar-refractivity contribution in [3.63, 3.8) is 0 Å². The topological polar surface area (TPSA) is 56.0 Å². The zero-order chi connectivity index (χ0) is 8.27. The normalized spacial score (nSPS) is 12.5. The average molecular weight is 150 g/mol. The van der Waals surface area contributed by atoms with Crippen LogP contribution in [-0.2, 0) is 0 Å². The first-order chi connectivity index (χ1) is 5.24. The van der Waals surface area contributed by atoms with Crippen LogP contribution in [0.2, 0.25) is 0 Å². The highest BCUT2D eigenvalue weighted by atomic mass is 16.1. The van der Waals surface area contributed by atoms with E-state index in [1.807, 2.05) is 6.92 Å². The molecule has 0 aromatic carbocycles. The molecule has 0 aliphatic heterocycles. The quantitative estimate of drug-likeness (QED) is 0.637. The Morgan fingerprint density at radius 2 is 2.36 bits per heavy atom. The monoisotopic (exact) mass is 150 g/mol. The summed E-state index contributed by atoms with van der Waals surface area (Å²) in [5.41, 5.74) is 7.03. The summed E-state index contributed by atoms with van der Waals surface area (Å²) in [6.45, 7) is 1.85. The van der Waals surface area contributed by atoms with Crippen LogP contribution in [0.5, 0.6) is 0 Å². The molecule has 0 fully saturated rings. The lowest BCUT2D eigenvalue weighted by Crippen LogP contribution is -2.05. The fraction of sp³-hybridized carbons (Fsp3) is 0.250. The number of aromatic nitrogens is 1. The molecule has 0 radical (unpaired) electrons. The highest BCUT2D eigenvalue weighted by Crippen LogP contribution is 2.07. The number of aldehydes is 1. The molecule has 0 bridgehead atoms.